The Kier molecular flexibility index (Phi) is 3.51. The fourth-order valence-electron chi connectivity index (χ4n) is 2.37. The van der Waals surface area contributed by atoms with E-state index >= 15 is 0 Å². The van der Waals surface area contributed by atoms with Crippen LogP contribution in [0, 0.1) is 0 Å². The van der Waals surface area contributed by atoms with Crippen molar-refractivity contribution in [1.29, 1.82) is 0 Å². The van der Waals surface area contributed by atoms with Crippen LogP contribution in [0.4, 0.5) is 5.95 Å². The van der Waals surface area contributed by atoms with Gasteiger partial charge in [0.1, 0.15) is 5.82 Å². The molecule has 2 fully saturated rings. The normalized spacial score (nSPS) is 26.1. The van der Waals surface area contributed by atoms with E-state index in [1.807, 2.05) is 11.8 Å². The van der Waals surface area contributed by atoms with Crippen LogP contribution in [0.5, 0.6) is 0 Å². The standard InChI is InChI=1S/C11H19N5S/c1-2-8-17-9(3-1)10-13-11(15-14-10)16-6-4-12-5-7-16/h9,12H,1-8H2,(H,13,14,15). The monoisotopic (exact) mass is 253 g/mol. The minimum absolute atomic E-state index is 0.535. The van der Waals surface area contributed by atoms with Crippen molar-refractivity contribution in [2.75, 3.05) is 36.8 Å². The third-order valence-electron chi connectivity index (χ3n) is 3.38. The summed E-state index contributed by atoms with van der Waals surface area (Å²) in [5.41, 5.74) is 0. The van der Waals surface area contributed by atoms with Gasteiger partial charge in [0.15, 0.2) is 0 Å². The van der Waals surface area contributed by atoms with Crippen LogP contribution < -0.4 is 10.2 Å². The van der Waals surface area contributed by atoms with Gasteiger partial charge in [0, 0.05) is 26.2 Å². The van der Waals surface area contributed by atoms with Crippen LogP contribution in [0.15, 0.2) is 0 Å². The minimum Gasteiger partial charge on any atom is -0.337 e. The molecule has 2 N–H and O–H groups in total. The molecule has 1 aromatic heterocycles. The van der Waals surface area contributed by atoms with Gasteiger partial charge in [-0.3, -0.25) is 5.10 Å². The zero-order valence-electron chi connectivity index (χ0n) is 9.98. The lowest BCUT2D eigenvalue weighted by molar-refractivity contribution is 0.580. The second kappa shape index (κ2) is 5.27. The number of aromatic nitrogens is 3. The highest BCUT2D eigenvalue weighted by Crippen LogP contribution is 2.36. The van der Waals surface area contributed by atoms with Crippen LogP contribution >= 0.6 is 11.8 Å². The van der Waals surface area contributed by atoms with E-state index in [-0.39, 0.29) is 0 Å². The maximum absolute atomic E-state index is 4.67. The third kappa shape index (κ3) is 2.57. The summed E-state index contributed by atoms with van der Waals surface area (Å²) in [4.78, 5) is 6.92. The van der Waals surface area contributed by atoms with Crippen molar-refractivity contribution in [2.24, 2.45) is 0 Å². The number of aromatic amines is 1. The van der Waals surface area contributed by atoms with Crippen molar-refractivity contribution < 1.29 is 0 Å². The molecule has 0 spiro atoms. The summed E-state index contributed by atoms with van der Waals surface area (Å²) >= 11 is 2.01. The first-order valence-electron chi connectivity index (χ1n) is 6.43. The summed E-state index contributed by atoms with van der Waals surface area (Å²) in [5, 5.41) is 11.4. The highest BCUT2D eigenvalue weighted by Gasteiger charge is 2.21. The number of thioether (sulfide) groups is 1. The Morgan fingerprint density at radius 3 is 2.88 bits per heavy atom. The van der Waals surface area contributed by atoms with Crippen LogP contribution in [0.3, 0.4) is 0 Å². The van der Waals surface area contributed by atoms with Gasteiger partial charge >= 0.3 is 0 Å². The molecular weight excluding hydrogens is 234 g/mol. The molecule has 17 heavy (non-hydrogen) atoms. The molecule has 94 valence electrons. The zero-order valence-corrected chi connectivity index (χ0v) is 10.8. The topological polar surface area (TPSA) is 56.8 Å². The molecule has 6 heteroatoms. The lowest BCUT2D eigenvalue weighted by Crippen LogP contribution is -2.44. The summed E-state index contributed by atoms with van der Waals surface area (Å²) in [6.07, 6.45) is 3.90. The Balaban J connectivity index is 1.68. The summed E-state index contributed by atoms with van der Waals surface area (Å²) in [6.45, 7) is 4.08. The fourth-order valence-corrected chi connectivity index (χ4v) is 3.62. The van der Waals surface area contributed by atoms with E-state index in [2.05, 4.69) is 25.4 Å². The molecule has 0 bridgehead atoms. The predicted octanol–water partition coefficient (Wildman–Crippen LogP) is 1.17. The Labute approximate surface area is 106 Å². The molecule has 5 nitrogen and oxygen atoms in total. The van der Waals surface area contributed by atoms with E-state index in [0.29, 0.717) is 5.25 Å². The SMILES string of the molecule is C1CCC(c2nc(N3CCNCC3)n[nH]2)SC1. The van der Waals surface area contributed by atoms with Gasteiger partial charge in [0.2, 0.25) is 5.95 Å². The Bertz CT molecular complexity index is 322. The summed E-state index contributed by atoms with van der Waals surface area (Å²) in [5.74, 6) is 3.21. The quantitative estimate of drug-likeness (QED) is 0.828. The average Bonchev–Trinajstić information content (AvgIpc) is 2.90. The van der Waals surface area contributed by atoms with Crippen molar-refractivity contribution in [3.63, 3.8) is 0 Å². The van der Waals surface area contributed by atoms with Crippen molar-refractivity contribution in [2.45, 2.75) is 24.5 Å². The number of rotatable bonds is 2. The van der Waals surface area contributed by atoms with Gasteiger partial charge in [-0.05, 0) is 18.6 Å². The number of nitrogens with zero attached hydrogens (tertiary/aromatic N) is 3. The summed E-state index contributed by atoms with van der Waals surface area (Å²) in [6, 6.07) is 0. The van der Waals surface area contributed by atoms with Gasteiger partial charge < -0.3 is 10.2 Å². The second-order valence-corrected chi connectivity index (χ2v) is 5.92. The first-order valence-corrected chi connectivity index (χ1v) is 7.48. The van der Waals surface area contributed by atoms with Crippen LogP contribution in [0.2, 0.25) is 0 Å². The summed E-state index contributed by atoms with van der Waals surface area (Å²) in [7, 11) is 0. The Morgan fingerprint density at radius 1 is 1.24 bits per heavy atom. The second-order valence-electron chi connectivity index (χ2n) is 4.61. The van der Waals surface area contributed by atoms with Gasteiger partial charge in [0.05, 0.1) is 5.25 Å². The molecule has 0 aromatic carbocycles. The molecule has 0 amide bonds. The smallest absolute Gasteiger partial charge is 0.244 e. The number of nitrogens with one attached hydrogen (secondary N) is 2. The molecule has 0 aliphatic carbocycles. The zero-order chi connectivity index (χ0) is 11.5. The van der Waals surface area contributed by atoms with Crippen molar-refractivity contribution in [3.8, 4) is 0 Å². The molecular formula is C11H19N5S. The lowest BCUT2D eigenvalue weighted by Gasteiger charge is -2.26. The van der Waals surface area contributed by atoms with Gasteiger partial charge in [-0.15, -0.1) is 5.10 Å². The number of H-pyrrole nitrogens is 1. The number of anilines is 1. The van der Waals surface area contributed by atoms with Crippen molar-refractivity contribution in [1.82, 2.24) is 20.5 Å². The first-order chi connectivity index (χ1) is 8.43. The van der Waals surface area contributed by atoms with Gasteiger partial charge in [-0.2, -0.15) is 16.7 Å². The molecule has 2 saturated heterocycles. The molecule has 3 heterocycles. The van der Waals surface area contributed by atoms with E-state index in [4.69, 9.17) is 0 Å². The van der Waals surface area contributed by atoms with E-state index in [0.717, 1.165) is 38.0 Å². The molecule has 1 aromatic rings. The molecule has 3 rings (SSSR count). The summed E-state index contributed by atoms with van der Waals surface area (Å²) < 4.78 is 0. The van der Waals surface area contributed by atoms with Crippen molar-refractivity contribution in [3.05, 3.63) is 5.82 Å². The molecule has 0 radical (unpaired) electrons. The lowest BCUT2D eigenvalue weighted by atomic mass is 10.2. The van der Waals surface area contributed by atoms with E-state index in [1.54, 1.807) is 0 Å². The van der Waals surface area contributed by atoms with Crippen LogP contribution in [-0.2, 0) is 0 Å². The highest BCUT2D eigenvalue weighted by molar-refractivity contribution is 7.99. The van der Waals surface area contributed by atoms with Gasteiger partial charge in [0.25, 0.3) is 0 Å². The molecule has 1 unspecified atom stereocenters. The minimum atomic E-state index is 0.535. The maximum atomic E-state index is 4.67. The van der Waals surface area contributed by atoms with Crippen LogP contribution in [0.1, 0.15) is 30.3 Å². The predicted molar refractivity (Wildman–Crippen MR) is 70.5 cm³/mol. The van der Waals surface area contributed by atoms with E-state index in [1.165, 1.54) is 25.0 Å². The third-order valence-corrected chi connectivity index (χ3v) is 4.76. The Morgan fingerprint density at radius 2 is 2.12 bits per heavy atom. The first kappa shape index (κ1) is 11.3. The highest BCUT2D eigenvalue weighted by atomic mass is 32.2. The maximum Gasteiger partial charge on any atom is 0.244 e. The number of piperazine rings is 1. The average molecular weight is 253 g/mol. The van der Waals surface area contributed by atoms with Gasteiger partial charge in [-0.1, -0.05) is 6.42 Å². The molecule has 1 atom stereocenters. The fraction of sp³-hybridized carbons (Fsp3) is 0.818. The van der Waals surface area contributed by atoms with Crippen LogP contribution in [0.25, 0.3) is 0 Å². The van der Waals surface area contributed by atoms with Crippen LogP contribution in [-0.4, -0.2) is 47.1 Å². The molecule has 0 saturated carbocycles. The van der Waals surface area contributed by atoms with Crippen molar-refractivity contribution >= 4 is 17.7 Å². The van der Waals surface area contributed by atoms with E-state index in [9.17, 15) is 0 Å². The molecule has 2 aliphatic heterocycles. The number of hydrogen-bond donors (Lipinski definition) is 2. The van der Waals surface area contributed by atoms with E-state index < -0.39 is 0 Å². The van der Waals surface area contributed by atoms with Gasteiger partial charge in [-0.25, -0.2) is 0 Å². The largest absolute Gasteiger partial charge is 0.337 e. The Hall–Kier alpha value is -0.750. The number of hydrogen-bond acceptors (Lipinski definition) is 5. The molecule has 2 aliphatic rings.